The molecule has 13 heteroatoms. The number of nitrogens with one attached hydrogen (secondary N) is 2. The minimum absolute atomic E-state index is 0.0997. The number of rotatable bonds is 10. The number of nitrogens with two attached hydrogens (primary N) is 1. The number of amides is 3. The average molecular weight is 548 g/mol. The predicted octanol–water partition coefficient (Wildman–Crippen LogP) is 2.69. The van der Waals surface area contributed by atoms with Crippen molar-refractivity contribution in [2.24, 2.45) is 11.7 Å². The number of thioether (sulfide) groups is 1. The maximum Gasteiger partial charge on any atom is 0.407 e. The second kappa shape index (κ2) is 15.9. The van der Waals surface area contributed by atoms with Crippen LogP contribution in [0.4, 0.5) is 4.79 Å². The molecular formula is C24H45N5O7S. The van der Waals surface area contributed by atoms with E-state index in [9.17, 15) is 14.4 Å². The van der Waals surface area contributed by atoms with Crippen molar-refractivity contribution in [3.63, 3.8) is 0 Å². The maximum atomic E-state index is 13.7. The Labute approximate surface area is 223 Å². The quantitative estimate of drug-likeness (QED) is 0.236. The third kappa shape index (κ3) is 11.8. The highest BCUT2D eigenvalue weighted by Crippen LogP contribution is 2.34. The summed E-state index contributed by atoms with van der Waals surface area (Å²) in [5, 5.41) is 19.8. The normalized spacial score (nSPS) is 22.5. The van der Waals surface area contributed by atoms with Gasteiger partial charge in [0.15, 0.2) is 0 Å². The second-order valence-corrected chi connectivity index (χ2v) is 12.7. The molecule has 1 saturated heterocycles. The van der Waals surface area contributed by atoms with Gasteiger partial charge in [0.05, 0.1) is 6.61 Å². The molecule has 0 aromatic heterocycles. The molecule has 3 amide bonds. The number of likely N-dealkylation sites (tertiary alicyclic amines) is 1. The number of alkyl carbamates (subject to hydrolysis) is 1. The van der Waals surface area contributed by atoms with Gasteiger partial charge in [0.25, 0.3) is 5.09 Å². The monoisotopic (exact) mass is 547 g/mol. The Morgan fingerprint density at radius 2 is 1.81 bits per heavy atom. The third-order valence-electron chi connectivity index (χ3n) is 6.48. The smallest absolute Gasteiger partial charge is 0.407 e. The molecule has 214 valence electrons. The molecule has 12 nitrogen and oxygen atoms in total. The Hall–Kier alpha value is -2.28. The summed E-state index contributed by atoms with van der Waals surface area (Å²) in [7, 11) is 0. The molecule has 1 heterocycles. The van der Waals surface area contributed by atoms with Crippen LogP contribution in [0.2, 0.25) is 0 Å². The van der Waals surface area contributed by atoms with E-state index in [4.69, 9.17) is 25.8 Å². The number of nitrogens with zero attached hydrogens (tertiary/aromatic N) is 2. The fraction of sp³-hybridized carbons (Fsp3) is 0.875. The highest BCUT2D eigenvalue weighted by atomic mass is 32.2. The summed E-state index contributed by atoms with van der Waals surface area (Å²) in [5.41, 5.74) is 5.99. The van der Waals surface area contributed by atoms with Gasteiger partial charge in [-0.25, -0.2) is 4.79 Å². The highest BCUT2D eigenvalue weighted by molar-refractivity contribution is 8.01. The first-order valence-electron chi connectivity index (χ1n) is 13.1. The van der Waals surface area contributed by atoms with Crippen molar-refractivity contribution in [1.29, 1.82) is 0 Å². The van der Waals surface area contributed by atoms with Crippen LogP contribution >= 0.6 is 11.8 Å². The largest absolute Gasteiger partial charge is 0.450 e. The molecule has 2 fully saturated rings. The van der Waals surface area contributed by atoms with E-state index in [-0.39, 0.29) is 23.1 Å². The molecular weight excluding hydrogens is 502 g/mol. The van der Waals surface area contributed by atoms with E-state index in [0.717, 1.165) is 32.1 Å². The Morgan fingerprint density at radius 1 is 1.22 bits per heavy atom. The topological polar surface area (TPSA) is 177 Å². The molecule has 0 radical (unpaired) electrons. The summed E-state index contributed by atoms with van der Waals surface area (Å²) in [5.74, 6) is 0.128. The van der Waals surface area contributed by atoms with Crippen LogP contribution in [0, 0.1) is 16.0 Å². The molecule has 0 aromatic rings. The Kier molecular flexibility index (Phi) is 14.0. The Morgan fingerprint density at radius 3 is 2.35 bits per heavy atom. The summed E-state index contributed by atoms with van der Waals surface area (Å²) in [6.45, 7) is 11.4. The van der Waals surface area contributed by atoms with Crippen LogP contribution in [0.3, 0.4) is 0 Å². The van der Waals surface area contributed by atoms with Crippen molar-refractivity contribution >= 4 is 29.7 Å². The van der Waals surface area contributed by atoms with E-state index >= 15 is 0 Å². The molecule has 37 heavy (non-hydrogen) atoms. The molecule has 0 unspecified atom stereocenters. The summed E-state index contributed by atoms with van der Waals surface area (Å²) in [4.78, 5) is 49.1. The molecule has 0 spiro atoms. The third-order valence-corrected chi connectivity index (χ3v) is 7.79. The van der Waals surface area contributed by atoms with Crippen LogP contribution in [0.1, 0.15) is 79.6 Å². The first-order chi connectivity index (χ1) is 17.3. The van der Waals surface area contributed by atoms with Crippen LogP contribution in [0.25, 0.3) is 0 Å². The van der Waals surface area contributed by atoms with Gasteiger partial charge in [0.1, 0.15) is 12.1 Å². The molecule has 2 atom stereocenters. The highest BCUT2D eigenvalue weighted by Gasteiger charge is 2.44. The molecule has 1 aliphatic heterocycles. The molecule has 5 N–H and O–H groups in total. The number of hydrogen-bond acceptors (Lipinski definition) is 8. The fourth-order valence-electron chi connectivity index (χ4n) is 4.79. The molecule has 2 aliphatic rings. The summed E-state index contributed by atoms with van der Waals surface area (Å²) in [6.07, 6.45) is 5.57. The van der Waals surface area contributed by atoms with E-state index < -0.39 is 28.0 Å². The summed E-state index contributed by atoms with van der Waals surface area (Å²) < 4.78 is 4.64. The summed E-state index contributed by atoms with van der Waals surface area (Å²) in [6, 6.07) is -1.01. The van der Waals surface area contributed by atoms with Crippen LogP contribution in [-0.4, -0.2) is 80.9 Å². The average Bonchev–Trinajstić information content (AvgIpc) is 3.29. The zero-order chi connectivity index (χ0) is 28.2. The van der Waals surface area contributed by atoms with Gasteiger partial charge in [-0.2, -0.15) is 11.8 Å². The zero-order valence-electron chi connectivity index (χ0n) is 22.7. The second-order valence-electron chi connectivity index (χ2n) is 10.4. The molecule has 1 aliphatic carbocycles. The predicted molar refractivity (Wildman–Crippen MR) is 142 cm³/mol. The SMILES string of the molecule is CCCOC(=O)N[C@@H](C(=O)N1CCC[C@H]1C(=O)NCC1CCC(N)CC1)C(C)(C)SC(C)C.O=[N+]([O-])O. The lowest BCUT2D eigenvalue weighted by atomic mass is 9.86. The number of carbonyl (C=O) groups excluding carboxylic acids is 3. The Balaban J connectivity index is 0.00000159. The van der Waals surface area contributed by atoms with E-state index in [0.29, 0.717) is 38.5 Å². The molecule has 2 rings (SSSR count). The van der Waals surface area contributed by atoms with Gasteiger partial charge in [0, 0.05) is 23.9 Å². The molecule has 1 saturated carbocycles. The van der Waals surface area contributed by atoms with Crippen molar-refractivity contribution in [3.8, 4) is 0 Å². The van der Waals surface area contributed by atoms with Crippen LogP contribution in [-0.2, 0) is 14.3 Å². The van der Waals surface area contributed by atoms with Crippen molar-refractivity contribution in [2.45, 2.75) is 108 Å². The fourth-order valence-corrected chi connectivity index (χ4v) is 6.30. The van der Waals surface area contributed by atoms with Crippen LogP contribution < -0.4 is 16.4 Å². The van der Waals surface area contributed by atoms with Crippen molar-refractivity contribution in [1.82, 2.24) is 15.5 Å². The van der Waals surface area contributed by atoms with E-state index in [2.05, 4.69) is 24.5 Å². The standard InChI is InChI=1S/C24H44N4O4S.HNO3/c1-6-14-32-23(31)27-20(24(4,5)33-16(2)3)22(30)28-13-7-8-19(28)21(29)26-15-17-9-11-18(25)12-10-17;2-1(3)4/h16-20H,6-15,25H2,1-5H3,(H,26,29)(H,27,31);(H,2,3,4)/t17?,18?,19-,20-;/m0./s1. The lowest BCUT2D eigenvalue weighted by Crippen LogP contribution is -2.60. The Bertz CT molecular complexity index is 756. The molecule has 0 aromatic carbocycles. The van der Waals surface area contributed by atoms with Gasteiger partial charge in [-0.3, -0.25) is 9.59 Å². The van der Waals surface area contributed by atoms with Gasteiger partial charge in [0.2, 0.25) is 11.8 Å². The van der Waals surface area contributed by atoms with E-state index in [1.807, 2.05) is 20.8 Å². The first-order valence-corrected chi connectivity index (χ1v) is 13.9. The first kappa shape index (κ1) is 32.7. The minimum Gasteiger partial charge on any atom is -0.450 e. The lowest BCUT2D eigenvalue weighted by molar-refractivity contribution is -0.742. The van der Waals surface area contributed by atoms with Gasteiger partial charge in [-0.05, 0) is 70.0 Å². The number of ether oxygens (including phenoxy) is 1. The minimum atomic E-state index is -1.50. The van der Waals surface area contributed by atoms with Crippen LogP contribution in [0.15, 0.2) is 0 Å². The van der Waals surface area contributed by atoms with Crippen molar-refractivity contribution < 1.29 is 29.4 Å². The van der Waals surface area contributed by atoms with Gasteiger partial charge in [-0.15, -0.1) is 10.1 Å². The van der Waals surface area contributed by atoms with Crippen molar-refractivity contribution in [2.75, 3.05) is 19.7 Å². The lowest BCUT2D eigenvalue weighted by Gasteiger charge is -2.38. The molecule has 0 bridgehead atoms. The maximum absolute atomic E-state index is 13.7. The van der Waals surface area contributed by atoms with E-state index in [1.165, 1.54) is 0 Å². The summed E-state index contributed by atoms with van der Waals surface area (Å²) >= 11 is 1.63. The number of hydrogen-bond donors (Lipinski definition) is 4. The van der Waals surface area contributed by atoms with Crippen molar-refractivity contribution in [3.05, 3.63) is 10.1 Å². The van der Waals surface area contributed by atoms with Gasteiger partial charge >= 0.3 is 6.09 Å². The number of carbonyl (C=O) groups is 3. The van der Waals surface area contributed by atoms with Gasteiger partial charge in [-0.1, -0.05) is 20.8 Å². The van der Waals surface area contributed by atoms with E-state index in [1.54, 1.807) is 16.7 Å². The van der Waals surface area contributed by atoms with Crippen LogP contribution in [0.5, 0.6) is 0 Å². The van der Waals surface area contributed by atoms with Gasteiger partial charge < -0.3 is 31.2 Å². The zero-order valence-corrected chi connectivity index (χ0v) is 23.6.